The first-order chi connectivity index (χ1) is 18.8. The number of carbonyl (C=O) groups excluding carboxylic acids is 2. The first-order valence-electron chi connectivity index (χ1n) is 12.0. The van der Waals surface area contributed by atoms with Gasteiger partial charge in [-0.3, -0.25) is 4.90 Å². The van der Waals surface area contributed by atoms with Gasteiger partial charge >= 0.3 is 12.0 Å². The Morgan fingerprint density at radius 1 is 0.846 bits per heavy atom. The molecule has 0 spiro atoms. The Balaban J connectivity index is 1.75. The number of esters is 1. The molecule has 0 saturated carbocycles. The van der Waals surface area contributed by atoms with E-state index in [-0.39, 0.29) is 28.2 Å². The van der Waals surface area contributed by atoms with E-state index in [1.807, 2.05) is 42.5 Å². The van der Waals surface area contributed by atoms with E-state index in [0.717, 1.165) is 16.9 Å². The first kappa shape index (κ1) is 26.9. The van der Waals surface area contributed by atoms with Crippen LogP contribution in [-0.4, -0.2) is 31.1 Å². The van der Waals surface area contributed by atoms with Crippen LogP contribution in [-0.2, 0) is 17.8 Å². The number of rotatable bonds is 6. The molecule has 0 atom stereocenters. The summed E-state index contributed by atoms with van der Waals surface area (Å²) in [6, 6.07) is 22.9. The number of methoxy groups -OCH3 is 2. The lowest BCUT2D eigenvalue weighted by Crippen LogP contribution is -2.44. The topological polar surface area (TPSA) is 59.1 Å². The molecule has 0 aliphatic carbocycles. The minimum Gasteiger partial charge on any atom is -0.497 e. The second-order valence-corrected chi connectivity index (χ2v) is 10.1. The van der Waals surface area contributed by atoms with Gasteiger partial charge in [0.05, 0.1) is 47.7 Å². The summed E-state index contributed by atoms with van der Waals surface area (Å²) in [5.41, 5.74) is 4.14. The van der Waals surface area contributed by atoms with E-state index < -0.39 is 5.97 Å². The molecule has 4 aromatic carbocycles. The van der Waals surface area contributed by atoms with Gasteiger partial charge < -0.3 is 14.4 Å². The molecular formula is C30H23Cl3N2O4. The molecular weight excluding hydrogens is 559 g/mol. The number of nitrogens with zero attached hydrogens (tertiary/aromatic N) is 2. The zero-order valence-corrected chi connectivity index (χ0v) is 23.3. The number of carbonyl (C=O) groups is 2. The third kappa shape index (κ3) is 5.15. The van der Waals surface area contributed by atoms with Crippen LogP contribution in [0, 0.1) is 0 Å². The predicted octanol–water partition coefficient (Wildman–Crippen LogP) is 8.38. The standard InChI is InChI=1S/C30H23Cl3N2O4/c1-38-20-12-10-18(11-13-20)16-34-17-23-22(21-6-3-4-7-24(21)31)14-19(29(36)39-2)15-27(23)35(30(34)37)28-25(32)8-5-9-26(28)33/h3-15H,16-17H2,1-2H3. The summed E-state index contributed by atoms with van der Waals surface area (Å²) in [7, 11) is 2.91. The summed E-state index contributed by atoms with van der Waals surface area (Å²) in [4.78, 5) is 30.1. The van der Waals surface area contributed by atoms with E-state index in [4.69, 9.17) is 44.3 Å². The van der Waals surface area contributed by atoms with E-state index in [2.05, 4.69) is 0 Å². The first-order valence-corrected chi connectivity index (χ1v) is 13.1. The van der Waals surface area contributed by atoms with Gasteiger partial charge in [0.1, 0.15) is 5.75 Å². The van der Waals surface area contributed by atoms with E-state index in [1.54, 1.807) is 48.4 Å². The normalized spacial score (nSPS) is 12.8. The molecule has 9 heteroatoms. The number of fused-ring (bicyclic) bond motifs is 1. The van der Waals surface area contributed by atoms with Crippen LogP contribution in [0.15, 0.2) is 78.9 Å². The molecule has 4 aromatic rings. The number of anilines is 2. The van der Waals surface area contributed by atoms with Gasteiger partial charge in [0, 0.05) is 22.7 Å². The molecule has 6 nitrogen and oxygen atoms in total. The van der Waals surface area contributed by atoms with Crippen LogP contribution in [0.25, 0.3) is 11.1 Å². The minimum absolute atomic E-state index is 0.251. The average Bonchev–Trinajstić information content (AvgIpc) is 2.94. The van der Waals surface area contributed by atoms with Crippen molar-refractivity contribution in [2.24, 2.45) is 0 Å². The second-order valence-electron chi connectivity index (χ2n) is 8.89. The maximum absolute atomic E-state index is 14.2. The number of para-hydroxylation sites is 1. The fourth-order valence-corrected chi connectivity index (χ4v) is 5.48. The largest absolute Gasteiger partial charge is 0.497 e. The summed E-state index contributed by atoms with van der Waals surface area (Å²) in [5, 5.41) is 1.08. The van der Waals surface area contributed by atoms with Crippen molar-refractivity contribution in [2.45, 2.75) is 13.1 Å². The van der Waals surface area contributed by atoms with Crippen molar-refractivity contribution >= 4 is 58.2 Å². The zero-order valence-electron chi connectivity index (χ0n) is 21.1. The number of amides is 2. The second kappa shape index (κ2) is 11.2. The van der Waals surface area contributed by atoms with Gasteiger partial charge in [-0.1, -0.05) is 71.2 Å². The highest BCUT2D eigenvalue weighted by molar-refractivity contribution is 6.40. The average molecular weight is 582 g/mol. The molecule has 0 radical (unpaired) electrons. The van der Waals surface area contributed by atoms with Gasteiger partial charge in [0.2, 0.25) is 0 Å². The highest BCUT2D eigenvalue weighted by atomic mass is 35.5. The van der Waals surface area contributed by atoms with Crippen LogP contribution in [0.4, 0.5) is 16.2 Å². The third-order valence-corrected chi connectivity index (χ3v) is 7.50. The van der Waals surface area contributed by atoms with E-state index in [9.17, 15) is 9.59 Å². The Hall–Kier alpha value is -3.71. The molecule has 1 aliphatic rings. The SMILES string of the molecule is COC(=O)c1cc(-c2ccccc2Cl)c2c(c1)N(c1c(Cl)cccc1Cl)C(=O)N(Cc1ccc(OC)cc1)C2. The number of ether oxygens (including phenoxy) is 2. The van der Waals surface area contributed by atoms with Crippen LogP contribution in [0.1, 0.15) is 21.5 Å². The predicted molar refractivity (Wildman–Crippen MR) is 154 cm³/mol. The lowest BCUT2D eigenvalue weighted by atomic mass is 9.92. The van der Waals surface area contributed by atoms with Crippen LogP contribution in [0.2, 0.25) is 15.1 Å². The van der Waals surface area contributed by atoms with E-state index in [0.29, 0.717) is 34.1 Å². The van der Waals surface area contributed by atoms with Gasteiger partial charge in [-0.2, -0.15) is 0 Å². The molecule has 39 heavy (non-hydrogen) atoms. The summed E-state index contributed by atoms with van der Waals surface area (Å²) < 4.78 is 10.3. The monoisotopic (exact) mass is 580 g/mol. The zero-order chi connectivity index (χ0) is 27.7. The van der Waals surface area contributed by atoms with Crippen molar-refractivity contribution < 1.29 is 19.1 Å². The maximum atomic E-state index is 14.2. The van der Waals surface area contributed by atoms with E-state index >= 15 is 0 Å². The van der Waals surface area contributed by atoms with Crippen molar-refractivity contribution in [1.29, 1.82) is 0 Å². The van der Waals surface area contributed by atoms with Crippen LogP contribution in [0.5, 0.6) is 5.75 Å². The molecule has 198 valence electrons. The number of urea groups is 1. The lowest BCUT2D eigenvalue weighted by molar-refractivity contribution is 0.0600. The van der Waals surface area contributed by atoms with Crippen molar-refractivity contribution in [3.63, 3.8) is 0 Å². The van der Waals surface area contributed by atoms with E-state index in [1.165, 1.54) is 12.0 Å². The summed E-state index contributed by atoms with van der Waals surface area (Å²) >= 11 is 19.9. The smallest absolute Gasteiger partial charge is 0.337 e. The quantitative estimate of drug-likeness (QED) is 0.215. The minimum atomic E-state index is -0.551. The molecule has 0 saturated heterocycles. The molecule has 0 unspecified atom stereocenters. The van der Waals surface area contributed by atoms with Crippen molar-refractivity contribution in [3.05, 3.63) is 111 Å². The van der Waals surface area contributed by atoms with Gasteiger partial charge in [0.25, 0.3) is 0 Å². The van der Waals surface area contributed by atoms with Gasteiger partial charge in [0.15, 0.2) is 0 Å². The van der Waals surface area contributed by atoms with Crippen LogP contribution >= 0.6 is 34.8 Å². The lowest BCUT2D eigenvalue weighted by Gasteiger charge is -2.39. The third-order valence-electron chi connectivity index (χ3n) is 6.56. The molecule has 0 bridgehead atoms. The summed E-state index contributed by atoms with van der Waals surface area (Å²) in [5.74, 6) is 0.166. The fourth-order valence-electron chi connectivity index (χ4n) is 4.67. The Labute approximate surface area is 241 Å². The Morgan fingerprint density at radius 2 is 1.51 bits per heavy atom. The van der Waals surface area contributed by atoms with Crippen molar-refractivity contribution in [2.75, 3.05) is 19.1 Å². The van der Waals surface area contributed by atoms with Crippen LogP contribution < -0.4 is 9.64 Å². The molecule has 1 heterocycles. The molecule has 0 fully saturated rings. The van der Waals surface area contributed by atoms with Crippen molar-refractivity contribution in [1.82, 2.24) is 4.90 Å². The Kier molecular flexibility index (Phi) is 7.71. The Morgan fingerprint density at radius 3 is 2.15 bits per heavy atom. The number of hydrogen-bond acceptors (Lipinski definition) is 4. The Bertz CT molecular complexity index is 1550. The van der Waals surface area contributed by atoms with Gasteiger partial charge in [-0.15, -0.1) is 0 Å². The molecule has 0 N–H and O–H groups in total. The number of benzene rings is 4. The maximum Gasteiger partial charge on any atom is 0.337 e. The molecule has 5 rings (SSSR count). The van der Waals surface area contributed by atoms with Crippen molar-refractivity contribution in [3.8, 4) is 16.9 Å². The summed E-state index contributed by atoms with van der Waals surface area (Å²) in [6.45, 7) is 0.558. The van der Waals surface area contributed by atoms with Crippen LogP contribution in [0.3, 0.4) is 0 Å². The number of hydrogen-bond donors (Lipinski definition) is 0. The van der Waals surface area contributed by atoms with Gasteiger partial charge in [-0.25, -0.2) is 9.59 Å². The highest BCUT2D eigenvalue weighted by Crippen LogP contribution is 2.46. The highest BCUT2D eigenvalue weighted by Gasteiger charge is 2.36. The molecule has 1 aliphatic heterocycles. The molecule has 0 aromatic heterocycles. The molecule has 2 amide bonds. The number of halogens is 3. The van der Waals surface area contributed by atoms with Gasteiger partial charge in [-0.05, 0) is 53.6 Å². The fraction of sp³-hybridized carbons (Fsp3) is 0.133. The summed E-state index contributed by atoms with van der Waals surface area (Å²) in [6.07, 6.45) is 0.